The molecule has 0 radical (unpaired) electrons. The van der Waals surface area contributed by atoms with Crippen molar-refractivity contribution in [2.45, 2.75) is 30.3 Å². The van der Waals surface area contributed by atoms with E-state index in [4.69, 9.17) is 0 Å². The summed E-state index contributed by atoms with van der Waals surface area (Å²) in [5.74, 6) is -1.09. The van der Waals surface area contributed by atoms with Crippen LogP contribution < -0.4 is 0 Å². The lowest BCUT2D eigenvalue weighted by atomic mass is 9.92. The number of benzene rings is 1. The van der Waals surface area contributed by atoms with E-state index in [-0.39, 0.29) is 18.0 Å². The minimum atomic E-state index is -3.96. The molecule has 1 saturated heterocycles. The van der Waals surface area contributed by atoms with Gasteiger partial charge in [-0.25, -0.2) is 8.42 Å². The fraction of sp³-hybridized carbons (Fsp3) is 0.500. The lowest BCUT2D eigenvalue weighted by molar-refractivity contribution is -0.387. The van der Waals surface area contributed by atoms with Crippen LogP contribution in [0, 0.1) is 15.9 Å². The molecule has 1 aliphatic heterocycles. The highest BCUT2D eigenvalue weighted by molar-refractivity contribution is 7.89. The van der Waals surface area contributed by atoms with E-state index in [2.05, 4.69) is 0 Å². The maximum absolute atomic E-state index is 13.2. The zero-order valence-electron chi connectivity index (χ0n) is 11.3. The van der Waals surface area contributed by atoms with Crippen LogP contribution in [-0.4, -0.2) is 41.4 Å². The third-order valence-corrected chi connectivity index (χ3v) is 5.20. The minimum absolute atomic E-state index is 0.0612. The number of hydrogen-bond donors (Lipinski definition) is 1. The number of aliphatic hydroxyl groups is 1. The molecule has 2 rings (SSSR count). The molecule has 1 heterocycles. The number of nitro benzene ring substituents is 1. The quantitative estimate of drug-likeness (QED) is 0.651. The largest absolute Gasteiger partial charge is 0.387 e. The summed E-state index contributed by atoms with van der Waals surface area (Å²) < 4.78 is 38.8. The average Bonchev–Trinajstić information content (AvgIpc) is 2.36. The Morgan fingerprint density at radius 2 is 2.10 bits per heavy atom. The molecule has 21 heavy (non-hydrogen) atoms. The van der Waals surface area contributed by atoms with E-state index in [1.165, 1.54) is 0 Å². The molecule has 0 atom stereocenters. The molecule has 1 aromatic carbocycles. The average molecular weight is 318 g/mol. The van der Waals surface area contributed by atoms with Gasteiger partial charge in [0.1, 0.15) is 0 Å². The molecule has 0 aromatic heterocycles. The van der Waals surface area contributed by atoms with Gasteiger partial charge in [0.05, 0.1) is 15.4 Å². The van der Waals surface area contributed by atoms with Crippen molar-refractivity contribution in [3.63, 3.8) is 0 Å². The molecule has 0 bridgehead atoms. The second-order valence-electron chi connectivity index (χ2n) is 5.12. The van der Waals surface area contributed by atoms with Gasteiger partial charge in [-0.1, -0.05) is 13.3 Å². The van der Waals surface area contributed by atoms with Crippen LogP contribution in [0.15, 0.2) is 23.1 Å². The van der Waals surface area contributed by atoms with E-state index in [1.807, 2.05) is 6.92 Å². The van der Waals surface area contributed by atoms with Gasteiger partial charge in [-0.3, -0.25) is 10.1 Å². The van der Waals surface area contributed by atoms with Crippen LogP contribution >= 0.6 is 0 Å². The summed E-state index contributed by atoms with van der Waals surface area (Å²) in [7, 11) is -3.96. The van der Waals surface area contributed by atoms with Crippen LogP contribution in [0.4, 0.5) is 10.1 Å². The van der Waals surface area contributed by atoms with Crippen LogP contribution in [0.1, 0.15) is 19.8 Å². The maximum atomic E-state index is 13.2. The first kappa shape index (κ1) is 15.8. The topological polar surface area (TPSA) is 101 Å². The smallest absolute Gasteiger partial charge is 0.306 e. The highest BCUT2D eigenvalue weighted by atomic mass is 32.2. The molecule has 7 nitrogen and oxygen atoms in total. The van der Waals surface area contributed by atoms with Gasteiger partial charge in [0.2, 0.25) is 15.8 Å². The fourth-order valence-electron chi connectivity index (χ4n) is 2.35. The Morgan fingerprint density at radius 3 is 2.62 bits per heavy atom. The van der Waals surface area contributed by atoms with Crippen molar-refractivity contribution in [1.82, 2.24) is 4.31 Å². The molecule has 9 heteroatoms. The number of nitrogens with zero attached hydrogens (tertiary/aromatic N) is 2. The van der Waals surface area contributed by atoms with Gasteiger partial charge in [-0.2, -0.15) is 8.70 Å². The van der Waals surface area contributed by atoms with Crippen LogP contribution in [0.5, 0.6) is 0 Å². The lowest BCUT2D eigenvalue weighted by Crippen LogP contribution is -2.63. The molecule has 1 aromatic rings. The molecule has 1 fully saturated rings. The number of hydrogen-bond acceptors (Lipinski definition) is 5. The molecule has 1 aliphatic rings. The van der Waals surface area contributed by atoms with E-state index in [0.717, 1.165) is 16.4 Å². The zero-order valence-corrected chi connectivity index (χ0v) is 12.1. The van der Waals surface area contributed by atoms with Gasteiger partial charge in [-0.15, -0.1) is 0 Å². The predicted octanol–water partition coefficient (Wildman–Crippen LogP) is 1.27. The summed E-state index contributed by atoms with van der Waals surface area (Å²) in [4.78, 5) is 9.33. The highest BCUT2D eigenvalue weighted by Gasteiger charge is 2.46. The van der Waals surface area contributed by atoms with Crippen LogP contribution in [-0.2, 0) is 10.0 Å². The minimum Gasteiger partial charge on any atom is -0.387 e. The first-order valence-corrected chi connectivity index (χ1v) is 7.80. The summed E-state index contributed by atoms with van der Waals surface area (Å²) in [6.45, 7) is 1.75. The number of halogens is 1. The fourth-order valence-corrected chi connectivity index (χ4v) is 3.96. The maximum Gasteiger partial charge on any atom is 0.306 e. The third kappa shape index (κ3) is 2.89. The molecule has 0 saturated carbocycles. The number of rotatable bonds is 5. The summed E-state index contributed by atoms with van der Waals surface area (Å²) in [5.41, 5.74) is -1.94. The Morgan fingerprint density at radius 1 is 1.48 bits per heavy atom. The summed E-state index contributed by atoms with van der Waals surface area (Å²) in [5, 5.41) is 20.7. The molecule has 0 aliphatic carbocycles. The van der Waals surface area contributed by atoms with Crippen molar-refractivity contribution in [2.24, 2.45) is 0 Å². The van der Waals surface area contributed by atoms with Crippen LogP contribution in [0.3, 0.4) is 0 Å². The second-order valence-corrected chi connectivity index (χ2v) is 7.06. The van der Waals surface area contributed by atoms with Crippen molar-refractivity contribution < 1.29 is 22.8 Å². The van der Waals surface area contributed by atoms with Crippen molar-refractivity contribution in [3.8, 4) is 0 Å². The monoisotopic (exact) mass is 318 g/mol. The van der Waals surface area contributed by atoms with Crippen molar-refractivity contribution in [1.29, 1.82) is 0 Å². The van der Waals surface area contributed by atoms with Gasteiger partial charge in [0.25, 0.3) is 0 Å². The SMILES string of the molecule is CCCC1(O)CN(S(=O)(=O)c2ccc(F)c([N+](=O)[O-])c2)C1. The lowest BCUT2D eigenvalue weighted by Gasteiger charge is -2.45. The normalized spacial score (nSPS) is 18.2. The van der Waals surface area contributed by atoms with E-state index in [0.29, 0.717) is 18.9 Å². The van der Waals surface area contributed by atoms with Crippen molar-refractivity contribution in [3.05, 3.63) is 34.1 Å². The number of β-amino-alcohol motifs (C(OH)–C–C–N with tert-alkyl or cyclic N) is 1. The van der Waals surface area contributed by atoms with E-state index in [9.17, 15) is 28.0 Å². The predicted molar refractivity (Wildman–Crippen MR) is 71.7 cm³/mol. The van der Waals surface area contributed by atoms with Gasteiger partial charge in [0, 0.05) is 19.2 Å². The molecular formula is C12H15FN2O5S. The van der Waals surface area contributed by atoms with E-state index < -0.39 is 32.1 Å². The summed E-state index contributed by atoms with van der Waals surface area (Å²) in [6.07, 6.45) is 1.19. The third-order valence-electron chi connectivity index (χ3n) is 3.41. The summed E-state index contributed by atoms with van der Waals surface area (Å²) in [6, 6.07) is 2.43. The van der Waals surface area contributed by atoms with Gasteiger partial charge < -0.3 is 5.11 Å². The first-order valence-electron chi connectivity index (χ1n) is 6.36. The molecule has 0 unspecified atom stereocenters. The van der Waals surface area contributed by atoms with E-state index >= 15 is 0 Å². The van der Waals surface area contributed by atoms with E-state index in [1.54, 1.807) is 0 Å². The zero-order chi connectivity index (χ0) is 15.8. The van der Waals surface area contributed by atoms with Gasteiger partial charge in [0.15, 0.2) is 0 Å². The number of sulfonamides is 1. The first-order chi connectivity index (χ1) is 9.69. The second kappa shape index (κ2) is 5.32. The van der Waals surface area contributed by atoms with Gasteiger partial charge in [-0.05, 0) is 18.6 Å². The molecular weight excluding hydrogens is 303 g/mol. The van der Waals surface area contributed by atoms with Crippen LogP contribution in [0.25, 0.3) is 0 Å². The van der Waals surface area contributed by atoms with Crippen molar-refractivity contribution in [2.75, 3.05) is 13.1 Å². The molecule has 0 spiro atoms. The molecule has 116 valence electrons. The van der Waals surface area contributed by atoms with Crippen molar-refractivity contribution >= 4 is 15.7 Å². The van der Waals surface area contributed by atoms with Gasteiger partial charge >= 0.3 is 5.69 Å². The Hall–Kier alpha value is -1.58. The Bertz CT molecular complexity index is 670. The Kier molecular flexibility index (Phi) is 4.00. The molecule has 1 N–H and O–H groups in total. The Balaban J connectivity index is 2.26. The number of nitro groups is 1. The summed E-state index contributed by atoms with van der Waals surface area (Å²) >= 11 is 0. The molecule has 0 amide bonds. The standard InChI is InChI=1S/C12H15FN2O5S/c1-2-5-12(16)7-14(8-12)21(19,20)9-3-4-10(13)11(6-9)15(17)18/h3-4,6,16H,2,5,7-8H2,1H3. The highest BCUT2D eigenvalue weighted by Crippen LogP contribution is 2.32. The Labute approximate surface area is 121 Å². The van der Waals surface area contributed by atoms with Crippen LogP contribution in [0.2, 0.25) is 0 Å².